The molecular formula is C15H25NO3S. The summed E-state index contributed by atoms with van der Waals surface area (Å²) in [5.74, 6) is 1.21. The highest BCUT2D eigenvalue weighted by molar-refractivity contribution is 7.89. The maximum atomic E-state index is 12.4. The van der Waals surface area contributed by atoms with Crippen LogP contribution in [-0.4, -0.2) is 22.1 Å². The molecule has 0 amide bonds. The van der Waals surface area contributed by atoms with Gasteiger partial charge in [-0.2, -0.15) is 0 Å². The van der Waals surface area contributed by atoms with Gasteiger partial charge in [-0.1, -0.05) is 27.7 Å². The third-order valence-corrected chi connectivity index (χ3v) is 4.69. The topological polar surface area (TPSA) is 55.4 Å². The van der Waals surface area contributed by atoms with E-state index in [1.54, 1.807) is 26.2 Å². The second kappa shape index (κ2) is 6.59. The Bertz CT molecular complexity index is 563. The van der Waals surface area contributed by atoms with E-state index in [1.165, 1.54) is 0 Å². The quantitative estimate of drug-likeness (QED) is 0.878. The first-order valence-electron chi connectivity index (χ1n) is 6.87. The van der Waals surface area contributed by atoms with Gasteiger partial charge in [0.05, 0.1) is 12.0 Å². The van der Waals surface area contributed by atoms with Gasteiger partial charge in [0.15, 0.2) is 0 Å². The number of methoxy groups -OCH3 is 1. The summed E-state index contributed by atoms with van der Waals surface area (Å²) in [5.41, 5.74) is 1.60. The van der Waals surface area contributed by atoms with Crippen molar-refractivity contribution in [3.05, 3.63) is 23.3 Å². The molecule has 0 aliphatic heterocycles. The third-order valence-electron chi connectivity index (χ3n) is 3.12. The first-order chi connectivity index (χ1) is 9.19. The normalized spacial score (nSPS) is 12.2. The molecular weight excluding hydrogens is 274 g/mol. The van der Waals surface area contributed by atoms with Crippen molar-refractivity contribution in [2.45, 2.75) is 45.4 Å². The molecule has 20 heavy (non-hydrogen) atoms. The molecule has 0 spiro atoms. The molecule has 0 atom stereocenters. The number of aryl methyl sites for hydroxylation is 1. The summed E-state index contributed by atoms with van der Waals surface area (Å²) in [6, 6.07) is 3.51. The number of rotatable bonds is 6. The largest absolute Gasteiger partial charge is 0.496 e. The number of benzene rings is 1. The summed E-state index contributed by atoms with van der Waals surface area (Å²) in [7, 11) is -1.87. The van der Waals surface area contributed by atoms with Crippen LogP contribution in [0.4, 0.5) is 0 Å². The number of ether oxygens (including phenoxy) is 1. The predicted molar refractivity (Wildman–Crippen MR) is 81.8 cm³/mol. The fourth-order valence-electron chi connectivity index (χ4n) is 1.95. The molecule has 0 unspecified atom stereocenters. The standard InChI is InChI=1S/C15H25NO3S/c1-10(2)9-16-20(17,18)15-8-13(11(3)4)14(19-6)7-12(15)5/h7-8,10-11,16H,9H2,1-6H3. The Hall–Kier alpha value is -1.07. The fraction of sp³-hybridized carbons (Fsp3) is 0.600. The van der Waals surface area contributed by atoms with Gasteiger partial charge in [-0.25, -0.2) is 13.1 Å². The lowest BCUT2D eigenvalue weighted by molar-refractivity contribution is 0.406. The molecule has 4 nitrogen and oxygen atoms in total. The summed E-state index contributed by atoms with van der Waals surface area (Å²) in [6.07, 6.45) is 0. The molecule has 114 valence electrons. The lowest BCUT2D eigenvalue weighted by Crippen LogP contribution is -2.28. The van der Waals surface area contributed by atoms with E-state index in [2.05, 4.69) is 4.72 Å². The van der Waals surface area contributed by atoms with Gasteiger partial charge < -0.3 is 4.74 Å². The average Bonchev–Trinajstić information content (AvgIpc) is 2.35. The SMILES string of the molecule is COc1cc(C)c(S(=O)(=O)NCC(C)C)cc1C(C)C. The van der Waals surface area contributed by atoms with Crippen molar-refractivity contribution in [1.29, 1.82) is 0 Å². The summed E-state index contributed by atoms with van der Waals surface area (Å²) >= 11 is 0. The van der Waals surface area contributed by atoms with Crippen molar-refractivity contribution >= 4 is 10.0 Å². The van der Waals surface area contributed by atoms with E-state index in [0.717, 1.165) is 11.3 Å². The van der Waals surface area contributed by atoms with Gasteiger partial charge in [-0.3, -0.25) is 0 Å². The Morgan fingerprint density at radius 2 is 1.80 bits per heavy atom. The Kier molecular flexibility index (Phi) is 5.59. The lowest BCUT2D eigenvalue weighted by Gasteiger charge is -2.17. The van der Waals surface area contributed by atoms with Crippen LogP contribution in [0.3, 0.4) is 0 Å². The van der Waals surface area contributed by atoms with Crippen molar-refractivity contribution in [1.82, 2.24) is 4.72 Å². The Morgan fingerprint density at radius 3 is 2.25 bits per heavy atom. The van der Waals surface area contributed by atoms with Crippen LogP contribution in [-0.2, 0) is 10.0 Å². The molecule has 1 aromatic rings. The van der Waals surface area contributed by atoms with E-state index in [4.69, 9.17) is 4.74 Å². The van der Waals surface area contributed by atoms with Crippen LogP contribution in [0, 0.1) is 12.8 Å². The summed E-state index contributed by atoms with van der Waals surface area (Å²) in [4.78, 5) is 0.336. The first kappa shape index (κ1) is 17.0. The molecule has 0 bridgehead atoms. The van der Waals surface area contributed by atoms with E-state index < -0.39 is 10.0 Å². The Morgan fingerprint density at radius 1 is 1.20 bits per heavy atom. The molecule has 0 aliphatic carbocycles. The van der Waals surface area contributed by atoms with Crippen molar-refractivity contribution < 1.29 is 13.2 Å². The molecule has 5 heteroatoms. The molecule has 0 saturated carbocycles. The van der Waals surface area contributed by atoms with E-state index >= 15 is 0 Å². The van der Waals surface area contributed by atoms with E-state index in [9.17, 15) is 8.42 Å². The van der Waals surface area contributed by atoms with Crippen molar-refractivity contribution in [3.63, 3.8) is 0 Å². The second-order valence-electron chi connectivity index (χ2n) is 5.76. The van der Waals surface area contributed by atoms with Gasteiger partial charge in [0, 0.05) is 6.54 Å². The van der Waals surface area contributed by atoms with Crippen LogP contribution in [0.2, 0.25) is 0 Å². The fourth-order valence-corrected chi connectivity index (χ4v) is 3.42. The molecule has 0 aliphatic rings. The smallest absolute Gasteiger partial charge is 0.240 e. The highest BCUT2D eigenvalue weighted by Crippen LogP contribution is 2.31. The molecule has 1 N–H and O–H groups in total. The second-order valence-corrected chi connectivity index (χ2v) is 7.50. The minimum Gasteiger partial charge on any atom is -0.496 e. The Labute approximate surface area is 122 Å². The van der Waals surface area contributed by atoms with Crippen LogP contribution in [0.25, 0.3) is 0 Å². The zero-order valence-electron chi connectivity index (χ0n) is 13.1. The molecule has 0 aromatic heterocycles. The predicted octanol–water partition coefficient (Wildman–Crippen LogP) is 3.06. The van der Waals surface area contributed by atoms with E-state index in [0.29, 0.717) is 17.0 Å². The number of hydrogen-bond acceptors (Lipinski definition) is 3. The van der Waals surface area contributed by atoms with Gasteiger partial charge in [-0.15, -0.1) is 0 Å². The van der Waals surface area contributed by atoms with Crippen LogP contribution in [0.1, 0.15) is 44.7 Å². The molecule has 0 radical (unpaired) electrons. The zero-order valence-corrected chi connectivity index (χ0v) is 14.0. The number of sulfonamides is 1. The molecule has 0 saturated heterocycles. The van der Waals surface area contributed by atoms with Crippen LogP contribution < -0.4 is 9.46 Å². The minimum absolute atomic E-state index is 0.199. The summed E-state index contributed by atoms with van der Waals surface area (Å²) < 4.78 is 32.7. The molecule has 0 fully saturated rings. The molecule has 1 rings (SSSR count). The molecule has 0 heterocycles. The highest BCUT2D eigenvalue weighted by atomic mass is 32.2. The number of hydrogen-bond donors (Lipinski definition) is 1. The van der Waals surface area contributed by atoms with E-state index in [1.807, 2.05) is 27.7 Å². The third kappa shape index (κ3) is 3.96. The van der Waals surface area contributed by atoms with Gasteiger partial charge in [0.25, 0.3) is 0 Å². The number of nitrogens with one attached hydrogen (secondary N) is 1. The van der Waals surface area contributed by atoms with Crippen LogP contribution >= 0.6 is 0 Å². The maximum absolute atomic E-state index is 12.4. The first-order valence-corrected chi connectivity index (χ1v) is 8.35. The highest BCUT2D eigenvalue weighted by Gasteiger charge is 2.20. The summed E-state index contributed by atoms with van der Waals surface area (Å²) in [6.45, 7) is 10.2. The van der Waals surface area contributed by atoms with Crippen molar-refractivity contribution in [3.8, 4) is 5.75 Å². The van der Waals surface area contributed by atoms with Crippen molar-refractivity contribution in [2.24, 2.45) is 5.92 Å². The molecule has 1 aromatic carbocycles. The lowest BCUT2D eigenvalue weighted by atomic mass is 10.0. The minimum atomic E-state index is -3.47. The maximum Gasteiger partial charge on any atom is 0.240 e. The van der Waals surface area contributed by atoms with Gasteiger partial charge in [0.1, 0.15) is 5.75 Å². The van der Waals surface area contributed by atoms with Crippen LogP contribution in [0.15, 0.2) is 17.0 Å². The van der Waals surface area contributed by atoms with E-state index in [-0.39, 0.29) is 11.8 Å². The average molecular weight is 299 g/mol. The van der Waals surface area contributed by atoms with Gasteiger partial charge >= 0.3 is 0 Å². The van der Waals surface area contributed by atoms with Gasteiger partial charge in [0.2, 0.25) is 10.0 Å². The zero-order chi connectivity index (χ0) is 15.5. The Balaban J connectivity index is 3.28. The van der Waals surface area contributed by atoms with Crippen molar-refractivity contribution in [2.75, 3.05) is 13.7 Å². The monoisotopic (exact) mass is 299 g/mol. The van der Waals surface area contributed by atoms with Crippen LogP contribution in [0.5, 0.6) is 5.75 Å². The summed E-state index contributed by atoms with van der Waals surface area (Å²) in [5, 5.41) is 0. The van der Waals surface area contributed by atoms with Gasteiger partial charge in [-0.05, 0) is 42.0 Å².